The molecule has 6 nitrogen and oxygen atoms in total. The Balaban J connectivity index is 2.40. The van der Waals surface area contributed by atoms with Crippen LogP contribution < -0.4 is 11.2 Å². The van der Waals surface area contributed by atoms with Gasteiger partial charge in [-0.15, -0.1) is 0 Å². The second kappa shape index (κ2) is 7.56. The van der Waals surface area contributed by atoms with Crippen molar-refractivity contribution < 1.29 is 9.59 Å². The van der Waals surface area contributed by atoms with Crippen molar-refractivity contribution in [3.63, 3.8) is 0 Å². The Morgan fingerprint density at radius 2 is 1.80 bits per heavy atom. The van der Waals surface area contributed by atoms with Crippen molar-refractivity contribution in [1.82, 2.24) is 9.13 Å². The second-order valence-corrected chi connectivity index (χ2v) is 8.19. The summed E-state index contributed by atoms with van der Waals surface area (Å²) in [5.74, 6) is 0. The molecule has 0 bridgehead atoms. The molecular weight excluding hydrogens is 276 g/mol. The lowest BCUT2D eigenvalue weighted by atomic mass is 10.2. The van der Waals surface area contributed by atoms with Crippen LogP contribution in [-0.2, 0) is 13.1 Å². The highest BCUT2D eigenvalue weighted by molar-refractivity contribution is 6.63. The van der Waals surface area contributed by atoms with Crippen molar-refractivity contribution in [1.29, 1.82) is 0 Å². The van der Waals surface area contributed by atoms with Gasteiger partial charge < -0.3 is 14.2 Å². The van der Waals surface area contributed by atoms with Crippen molar-refractivity contribution in [3.05, 3.63) is 33.1 Å². The van der Waals surface area contributed by atoms with Crippen LogP contribution in [0.25, 0.3) is 0 Å². The summed E-state index contributed by atoms with van der Waals surface area (Å²) in [6.45, 7) is 4.26. The Hall–Kier alpha value is -1.18. The van der Waals surface area contributed by atoms with Gasteiger partial charge in [-0.1, -0.05) is 19.3 Å². The molecule has 0 aliphatic carbocycles. The SMILES string of the molecule is CCn1c(=O)ccn(CCCCCC[Si](C)(O)O)c1=O. The minimum Gasteiger partial charge on any atom is -0.411 e. The molecule has 0 saturated carbocycles. The first kappa shape index (κ1) is 16.9. The Kier molecular flexibility index (Phi) is 6.38. The van der Waals surface area contributed by atoms with Crippen LogP contribution in [0.2, 0.25) is 12.6 Å². The maximum atomic E-state index is 11.9. The van der Waals surface area contributed by atoms with Crippen LogP contribution >= 0.6 is 0 Å². The standard InChI is InChI=1S/C13H24N2O4Si/c1-3-15-12(16)8-10-14(13(15)17)9-6-4-5-7-11-20(2,18)19/h8,10,18-19H,3-7,9,11H2,1-2H3. The molecule has 2 N–H and O–H groups in total. The zero-order chi connectivity index (χ0) is 15.2. The van der Waals surface area contributed by atoms with Crippen molar-refractivity contribution in [2.75, 3.05) is 0 Å². The van der Waals surface area contributed by atoms with E-state index in [9.17, 15) is 19.2 Å². The van der Waals surface area contributed by atoms with Gasteiger partial charge >= 0.3 is 14.3 Å². The number of hydrogen-bond acceptors (Lipinski definition) is 4. The van der Waals surface area contributed by atoms with Gasteiger partial charge in [-0.2, -0.15) is 0 Å². The van der Waals surface area contributed by atoms with Crippen molar-refractivity contribution in [2.45, 2.75) is 58.3 Å². The maximum absolute atomic E-state index is 11.9. The van der Waals surface area contributed by atoms with Crippen molar-refractivity contribution in [2.24, 2.45) is 0 Å². The lowest BCUT2D eigenvalue weighted by Gasteiger charge is -2.11. The highest BCUT2D eigenvalue weighted by Crippen LogP contribution is 2.10. The molecule has 1 aromatic rings. The van der Waals surface area contributed by atoms with E-state index in [2.05, 4.69) is 0 Å². The molecule has 0 radical (unpaired) electrons. The predicted octanol–water partition coefficient (Wildman–Crippen LogP) is 0.647. The molecule has 0 aliphatic heterocycles. The minimum absolute atomic E-state index is 0.259. The van der Waals surface area contributed by atoms with E-state index in [1.807, 2.05) is 0 Å². The van der Waals surface area contributed by atoms with E-state index >= 15 is 0 Å². The second-order valence-electron chi connectivity index (χ2n) is 5.26. The van der Waals surface area contributed by atoms with E-state index in [1.165, 1.54) is 17.2 Å². The molecule has 7 heteroatoms. The Bertz CT molecular complexity index is 530. The Morgan fingerprint density at radius 3 is 2.40 bits per heavy atom. The molecule has 0 amide bonds. The first-order valence-electron chi connectivity index (χ1n) is 7.10. The predicted molar refractivity (Wildman–Crippen MR) is 80.0 cm³/mol. The van der Waals surface area contributed by atoms with Crippen LogP contribution in [0.5, 0.6) is 0 Å². The number of rotatable bonds is 8. The molecule has 0 atom stereocenters. The smallest absolute Gasteiger partial charge is 0.330 e. The summed E-state index contributed by atoms with van der Waals surface area (Å²) >= 11 is 0. The third kappa shape index (κ3) is 5.44. The van der Waals surface area contributed by atoms with Crippen molar-refractivity contribution in [3.8, 4) is 0 Å². The fourth-order valence-electron chi connectivity index (χ4n) is 2.11. The Morgan fingerprint density at radius 1 is 1.15 bits per heavy atom. The van der Waals surface area contributed by atoms with Crippen molar-refractivity contribution >= 4 is 8.56 Å². The van der Waals surface area contributed by atoms with Gasteiger partial charge in [-0.25, -0.2) is 4.79 Å². The number of aryl methyl sites for hydroxylation is 1. The van der Waals surface area contributed by atoms with E-state index in [0.29, 0.717) is 19.1 Å². The van der Waals surface area contributed by atoms with Gasteiger partial charge in [0.05, 0.1) is 0 Å². The molecule has 20 heavy (non-hydrogen) atoms. The summed E-state index contributed by atoms with van der Waals surface area (Å²) in [5.41, 5.74) is -0.519. The van der Waals surface area contributed by atoms with Crippen LogP contribution in [0, 0.1) is 0 Å². The summed E-state index contributed by atoms with van der Waals surface area (Å²) in [4.78, 5) is 42.0. The van der Waals surface area contributed by atoms with E-state index < -0.39 is 8.56 Å². The number of unbranched alkanes of at least 4 members (excludes halogenated alkanes) is 3. The molecular formula is C13H24N2O4Si. The zero-order valence-corrected chi connectivity index (χ0v) is 13.2. The summed E-state index contributed by atoms with van der Waals surface area (Å²) in [7, 11) is -2.90. The molecule has 1 rings (SSSR count). The topological polar surface area (TPSA) is 84.5 Å². The summed E-state index contributed by atoms with van der Waals surface area (Å²) in [6.07, 6.45) is 5.05. The van der Waals surface area contributed by atoms with Gasteiger partial charge in [-0.3, -0.25) is 9.36 Å². The van der Waals surface area contributed by atoms with Gasteiger partial charge in [-0.05, 0) is 25.9 Å². The minimum atomic E-state index is -2.90. The number of hydrogen-bond donors (Lipinski definition) is 2. The zero-order valence-electron chi connectivity index (χ0n) is 12.2. The average Bonchev–Trinajstić information content (AvgIpc) is 2.35. The monoisotopic (exact) mass is 300 g/mol. The lowest BCUT2D eigenvalue weighted by molar-refractivity contribution is 0.365. The largest absolute Gasteiger partial charge is 0.411 e. The van der Waals surface area contributed by atoms with Gasteiger partial charge in [0.1, 0.15) is 0 Å². The van der Waals surface area contributed by atoms with E-state index in [4.69, 9.17) is 0 Å². The third-order valence-electron chi connectivity index (χ3n) is 3.26. The molecule has 0 unspecified atom stereocenters. The molecule has 0 aliphatic rings. The number of aromatic nitrogens is 2. The van der Waals surface area contributed by atoms with E-state index in [-0.39, 0.29) is 11.2 Å². The first-order chi connectivity index (χ1) is 9.35. The van der Waals surface area contributed by atoms with E-state index in [1.54, 1.807) is 17.7 Å². The van der Waals surface area contributed by atoms with Gasteiger partial charge in [0.15, 0.2) is 0 Å². The quantitative estimate of drug-likeness (QED) is 0.545. The van der Waals surface area contributed by atoms with Crippen LogP contribution in [0.15, 0.2) is 21.9 Å². The molecule has 1 heterocycles. The average molecular weight is 300 g/mol. The van der Waals surface area contributed by atoms with Crippen LogP contribution in [0.4, 0.5) is 0 Å². The first-order valence-corrected chi connectivity index (χ1v) is 9.70. The summed E-state index contributed by atoms with van der Waals surface area (Å²) in [5, 5.41) is 0. The molecule has 0 spiro atoms. The van der Waals surface area contributed by atoms with Gasteiger partial charge in [0, 0.05) is 25.4 Å². The molecule has 0 saturated heterocycles. The molecule has 0 aromatic carbocycles. The van der Waals surface area contributed by atoms with E-state index in [0.717, 1.165) is 25.7 Å². The Labute approximate surface area is 119 Å². The van der Waals surface area contributed by atoms with Crippen LogP contribution in [0.1, 0.15) is 32.6 Å². The fraction of sp³-hybridized carbons (Fsp3) is 0.692. The molecule has 1 aromatic heterocycles. The molecule has 0 fully saturated rings. The van der Waals surface area contributed by atoms with Gasteiger partial charge in [0.25, 0.3) is 5.56 Å². The third-order valence-corrected chi connectivity index (χ3v) is 4.56. The van der Waals surface area contributed by atoms with Crippen LogP contribution in [0.3, 0.4) is 0 Å². The van der Waals surface area contributed by atoms with Gasteiger partial charge in [0.2, 0.25) is 0 Å². The normalized spacial score (nSPS) is 11.8. The highest BCUT2D eigenvalue weighted by atomic mass is 28.4. The molecule has 114 valence electrons. The maximum Gasteiger partial charge on any atom is 0.330 e. The summed E-state index contributed by atoms with van der Waals surface area (Å²) < 4.78 is 2.77. The summed E-state index contributed by atoms with van der Waals surface area (Å²) in [6, 6.07) is 1.91. The fourth-order valence-corrected chi connectivity index (χ4v) is 3.03. The highest BCUT2D eigenvalue weighted by Gasteiger charge is 2.19. The number of nitrogens with zero attached hydrogens (tertiary/aromatic N) is 2. The van der Waals surface area contributed by atoms with Crippen LogP contribution in [-0.4, -0.2) is 27.3 Å². The lowest BCUT2D eigenvalue weighted by Crippen LogP contribution is -2.38.